The molecule has 1 fully saturated rings. The van der Waals surface area contributed by atoms with E-state index < -0.39 is 0 Å². The van der Waals surface area contributed by atoms with Crippen LogP contribution in [0.15, 0.2) is 48.8 Å². The summed E-state index contributed by atoms with van der Waals surface area (Å²) in [6, 6.07) is 11.6. The van der Waals surface area contributed by atoms with Gasteiger partial charge < -0.3 is 20.9 Å². The van der Waals surface area contributed by atoms with Gasteiger partial charge in [0.15, 0.2) is 0 Å². The lowest BCUT2D eigenvalue weighted by Gasteiger charge is -2.32. The Bertz CT molecular complexity index is 1320. The van der Waals surface area contributed by atoms with E-state index in [0.717, 1.165) is 67.0 Å². The molecule has 9 nitrogen and oxygen atoms in total. The molecule has 1 amide bonds. The number of nitrogens with two attached hydrogens (primary N) is 1. The second-order valence-corrected chi connectivity index (χ2v) is 9.07. The van der Waals surface area contributed by atoms with Crippen molar-refractivity contribution in [2.75, 3.05) is 52.0 Å². The number of rotatable bonds is 7. The fraction of sp³-hybridized carbons (Fsp3) is 0.346. The number of amides is 1. The number of H-pyrrole nitrogens is 1. The number of nitrogens with one attached hydrogen (secondary N) is 2. The van der Waals surface area contributed by atoms with Crippen LogP contribution in [0.5, 0.6) is 0 Å². The first-order valence-corrected chi connectivity index (χ1v) is 12.1. The van der Waals surface area contributed by atoms with E-state index in [9.17, 15) is 4.79 Å². The number of halogens is 1. The Kier molecular flexibility index (Phi) is 7.93. The number of carbonyl (C=O) groups excluding carboxylic acids is 1. The summed E-state index contributed by atoms with van der Waals surface area (Å²) in [5.74, 6) is -0.119. The van der Waals surface area contributed by atoms with Gasteiger partial charge in [-0.15, -0.1) is 12.4 Å². The highest BCUT2D eigenvalue weighted by atomic mass is 35.5. The fourth-order valence-corrected chi connectivity index (χ4v) is 4.51. The zero-order chi connectivity index (χ0) is 24.4. The molecule has 0 saturated carbocycles. The number of aromatic amines is 1. The molecular weight excluding hydrogens is 476 g/mol. The van der Waals surface area contributed by atoms with E-state index in [1.165, 1.54) is 0 Å². The zero-order valence-corrected chi connectivity index (χ0v) is 21.5. The maximum absolute atomic E-state index is 12.9. The summed E-state index contributed by atoms with van der Waals surface area (Å²) < 4.78 is 1.92. The monoisotopic (exact) mass is 508 g/mol. The number of carbonyl (C=O) groups is 1. The Balaban J connectivity index is 0.00000304. The third-order valence-electron chi connectivity index (χ3n) is 6.65. The van der Waals surface area contributed by atoms with Gasteiger partial charge in [-0.1, -0.05) is 12.1 Å². The van der Waals surface area contributed by atoms with Gasteiger partial charge in [-0.3, -0.25) is 14.4 Å². The molecule has 0 radical (unpaired) electrons. The number of nitrogen functional groups attached to an aromatic ring is 1. The maximum Gasteiger partial charge on any atom is 0.267 e. The van der Waals surface area contributed by atoms with E-state index >= 15 is 0 Å². The minimum absolute atomic E-state index is 0. The van der Waals surface area contributed by atoms with Crippen molar-refractivity contribution in [1.82, 2.24) is 34.9 Å². The summed E-state index contributed by atoms with van der Waals surface area (Å²) in [7, 11) is 2.14. The Labute approximate surface area is 217 Å². The van der Waals surface area contributed by atoms with Crippen LogP contribution in [0.3, 0.4) is 0 Å². The molecule has 0 spiro atoms. The summed E-state index contributed by atoms with van der Waals surface area (Å²) in [5, 5.41) is 8.75. The predicted octanol–water partition coefficient (Wildman–Crippen LogP) is 3.09. The highest BCUT2D eigenvalue weighted by molar-refractivity contribution is 6.03. The van der Waals surface area contributed by atoms with Gasteiger partial charge in [-0.05, 0) is 43.8 Å². The summed E-state index contributed by atoms with van der Waals surface area (Å²) in [6.07, 6.45) is 3.81. The van der Waals surface area contributed by atoms with Crippen LogP contribution in [0.25, 0.3) is 33.4 Å². The molecule has 36 heavy (non-hydrogen) atoms. The van der Waals surface area contributed by atoms with Crippen molar-refractivity contribution in [3.05, 3.63) is 54.5 Å². The van der Waals surface area contributed by atoms with Gasteiger partial charge in [0.2, 0.25) is 0 Å². The van der Waals surface area contributed by atoms with Gasteiger partial charge in [-0.25, -0.2) is 4.98 Å². The van der Waals surface area contributed by atoms with Crippen molar-refractivity contribution in [3.63, 3.8) is 0 Å². The summed E-state index contributed by atoms with van der Waals surface area (Å²) in [5.41, 5.74) is 11.6. The van der Waals surface area contributed by atoms with Crippen molar-refractivity contribution in [2.45, 2.75) is 13.5 Å². The number of fused-ring (bicyclic) bond motifs is 1. The summed E-state index contributed by atoms with van der Waals surface area (Å²) >= 11 is 0. The molecule has 4 heterocycles. The molecule has 0 bridgehead atoms. The number of anilines is 1. The molecule has 10 heteroatoms. The molecule has 4 N–H and O–H groups in total. The average molecular weight is 509 g/mol. The third-order valence-corrected chi connectivity index (χ3v) is 6.65. The van der Waals surface area contributed by atoms with Gasteiger partial charge >= 0.3 is 0 Å². The van der Waals surface area contributed by atoms with Crippen LogP contribution >= 0.6 is 12.4 Å². The van der Waals surface area contributed by atoms with Crippen LogP contribution in [0.2, 0.25) is 0 Å². The van der Waals surface area contributed by atoms with Gasteiger partial charge in [0, 0.05) is 80.4 Å². The van der Waals surface area contributed by atoms with Gasteiger partial charge in [0.1, 0.15) is 17.0 Å². The molecule has 0 unspecified atom stereocenters. The lowest BCUT2D eigenvalue weighted by atomic mass is 10.00. The van der Waals surface area contributed by atoms with Crippen molar-refractivity contribution in [1.29, 1.82) is 0 Å². The van der Waals surface area contributed by atoms with Crippen molar-refractivity contribution in [2.24, 2.45) is 0 Å². The van der Waals surface area contributed by atoms with Gasteiger partial charge in [0.05, 0.1) is 0 Å². The smallest absolute Gasteiger partial charge is 0.267 e. The molecular formula is C26H33ClN8O. The number of aryl methyl sites for hydroxylation is 1. The Morgan fingerprint density at radius 2 is 1.86 bits per heavy atom. The van der Waals surface area contributed by atoms with Crippen LogP contribution in [0.1, 0.15) is 17.4 Å². The molecule has 4 aromatic rings. The lowest BCUT2D eigenvalue weighted by molar-refractivity contribution is 0.0937. The average Bonchev–Trinajstić information content (AvgIpc) is 3.50. The minimum atomic E-state index is -0.119. The number of hydrogen-bond donors (Lipinski definition) is 3. The van der Waals surface area contributed by atoms with Crippen LogP contribution in [0, 0.1) is 0 Å². The molecule has 1 aliphatic rings. The lowest BCUT2D eigenvalue weighted by Crippen LogP contribution is -2.46. The molecule has 3 aromatic heterocycles. The quantitative estimate of drug-likeness (QED) is 0.331. The Morgan fingerprint density at radius 1 is 1.11 bits per heavy atom. The van der Waals surface area contributed by atoms with Crippen LogP contribution in [-0.2, 0) is 6.54 Å². The van der Waals surface area contributed by atoms with Crippen LogP contribution in [0.4, 0.5) is 5.69 Å². The first-order valence-electron chi connectivity index (χ1n) is 12.1. The largest absolute Gasteiger partial charge is 0.399 e. The highest BCUT2D eigenvalue weighted by Gasteiger charge is 2.19. The fourth-order valence-electron chi connectivity index (χ4n) is 4.51. The summed E-state index contributed by atoms with van der Waals surface area (Å²) in [6.45, 7) is 8.49. The number of aromatic nitrogens is 4. The number of nitrogens with zero attached hydrogens (tertiary/aromatic N) is 5. The van der Waals surface area contributed by atoms with Crippen molar-refractivity contribution < 1.29 is 4.79 Å². The Morgan fingerprint density at radius 3 is 2.58 bits per heavy atom. The second-order valence-electron chi connectivity index (χ2n) is 9.07. The van der Waals surface area contributed by atoms with E-state index in [0.29, 0.717) is 23.6 Å². The molecule has 5 rings (SSSR count). The molecule has 0 atom stereocenters. The van der Waals surface area contributed by atoms with Crippen LogP contribution < -0.4 is 11.1 Å². The van der Waals surface area contributed by atoms with E-state index in [4.69, 9.17) is 10.8 Å². The maximum atomic E-state index is 12.9. The van der Waals surface area contributed by atoms with E-state index in [2.05, 4.69) is 39.1 Å². The number of benzene rings is 1. The molecule has 1 saturated heterocycles. The number of likely N-dealkylation sites (N-methyl/N-ethyl adjacent to an activating group) is 1. The minimum Gasteiger partial charge on any atom is -0.399 e. The van der Waals surface area contributed by atoms with E-state index in [1.54, 1.807) is 6.20 Å². The highest BCUT2D eigenvalue weighted by Crippen LogP contribution is 2.35. The SMILES string of the molecule is CCn1cc(-c2ccnc3[nH]c(C(=O)NCCN4CCN(C)CC4)cc23)c(-c2ccc(N)cc2)n1.Cl. The van der Waals surface area contributed by atoms with Crippen molar-refractivity contribution in [3.8, 4) is 22.4 Å². The summed E-state index contributed by atoms with van der Waals surface area (Å²) in [4.78, 5) is 25.3. The first-order chi connectivity index (χ1) is 17.0. The number of hydrogen-bond acceptors (Lipinski definition) is 6. The van der Waals surface area contributed by atoms with E-state index in [1.807, 2.05) is 47.3 Å². The second kappa shape index (κ2) is 11.1. The molecule has 0 aliphatic carbocycles. The topological polar surface area (TPSA) is 108 Å². The number of pyridine rings is 1. The molecule has 1 aliphatic heterocycles. The number of piperazine rings is 1. The molecule has 1 aromatic carbocycles. The molecule has 190 valence electrons. The third kappa shape index (κ3) is 5.38. The standard InChI is InChI=1S/C26H32N8O.ClH/c1-3-34-17-22(24(31-34)18-4-6-19(27)7-5-18)20-8-9-28-25-21(20)16-23(30-25)26(35)29-10-11-33-14-12-32(2)13-15-33;/h4-9,16-17H,3,10-15,27H2,1-2H3,(H,28,30)(H,29,35);1H. The normalized spacial score (nSPS) is 14.6. The predicted molar refractivity (Wildman–Crippen MR) is 146 cm³/mol. The zero-order valence-electron chi connectivity index (χ0n) is 20.7. The van der Waals surface area contributed by atoms with Gasteiger partial charge in [0.25, 0.3) is 5.91 Å². The van der Waals surface area contributed by atoms with E-state index in [-0.39, 0.29) is 18.3 Å². The van der Waals surface area contributed by atoms with Crippen LogP contribution in [-0.4, -0.2) is 81.8 Å². The Hall–Kier alpha value is -3.40. The first kappa shape index (κ1) is 25.7. The van der Waals surface area contributed by atoms with Crippen molar-refractivity contribution >= 4 is 35.0 Å². The van der Waals surface area contributed by atoms with Gasteiger partial charge in [-0.2, -0.15) is 5.10 Å².